The highest BCUT2D eigenvalue weighted by Crippen LogP contribution is 2.20. The van der Waals surface area contributed by atoms with E-state index in [1.807, 2.05) is 5.43 Å². The number of hydrogen-bond acceptors (Lipinski definition) is 2. The first-order valence-corrected chi connectivity index (χ1v) is 3.29. The predicted octanol–water partition coefficient (Wildman–Crippen LogP) is 0.107. The van der Waals surface area contributed by atoms with E-state index in [1.54, 1.807) is 0 Å². The monoisotopic (exact) mass is 184 g/mol. The van der Waals surface area contributed by atoms with Crippen LogP contribution in [-0.2, 0) is 0 Å². The van der Waals surface area contributed by atoms with Crippen molar-refractivity contribution < 1.29 is 13.2 Å². The lowest BCUT2D eigenvalue weighted by atomic mass is 10.3. The van der Waals surface area contributed by atoms with Gasteiger partial charge in [0, 0.05) is 13.0 Å². The van der Waals surface area contributed by atoms with Crippen LogP contribution in [0.4, 0.5) is 13.2 Å². The maximum Gasteiger partial charge on any atom is 0.389 e. The van der Waals surface area contributed by atoms with Crippen molar-refractivity contribution in [2.45, 2.75) is 19.0 Å². The summed E-state index contributed by atoms with van der Waals surface area (Å²) in [6.07, 6.45) is -5.05. The van der Waals surface area contributed by atoms with E-state index in [0.29, 0.717) is 0 Å². The zero-order chi connectivity index (χ0) is 9.61. The average Bonchev–Trinajstić information content (AvgIpc) is 1.96. The molecule has 12 heavy (non-hydrogen) atoms. The van der Waals surface area contributed by atoms with Crippen molar-refractivity contribution in [3.63, 3.8) is 0 Å². The molecule has 0 aliphatic carbocycles. The Labute approximate surface area is 67.8 Å². The molecule has 0 heterocycles. The van der Waals surface area contributed by atoms with E-state index in [-0.39, 0.29) is 18.9 Å². The quantitative estimate of drug-likeness (QED) is 0.191. The third-order valence-corrected chi connectivity index (χ3v) is 1.05. The lowest BCUT2D eigenvalue weighted by Crippen LogP contribution is -2.37. The van der Waals surface area contributed by atoms with Crippen molar-refractivity contribution in [1.82, 2.24) is 5.43 Å². The molecule has 72 valence electrons. The number of alkyl halides is 3. The van der Waals surface area contributed by atoms with Crippen molar-refractivity contribution in [2.75, 3.05) is 6.54 Å². The molecule has 0 aromatic carbocycles. The van der Waals surface area contributed by atoms with Gasteiger partial charge in [-0.25, -0.2) is 5.84 Å². The van der Waals surface area contributed by atoms with Gasteiger partial charge in [0.2, 0.25) is 5.96 Å². The van der Waals surface area contributed by atoms with Gasteiger partial charge in [0.1, 0.15) is 0 Å². The topological polar surface area (TPSA) is 76.4 Å². The molecule has 0 spiro atoms. The molecule has 0 aliphatic rings. The summed E-state index contributed by atoms with van der Waals surface area (Å²) in [4.78, 5) is 3.50. The number of halogens is 3. The largest absolute Gasteiger partial charge is 0.389 e. The average molecular weight is 184 g/mol. The predicted molar refractivity (Wildman–Crippen MR) is 39.1 cm³/mol. The van der Waals surface area contributed by atoms with Crippen LogP contribution in [0.3, 0.4) is 0 Å². The molecule has 0 bridgehead atoms. The zero-order valence-electron chi connectivity index (χ0n) is 6.36. The van der Waals surface area contributed by atoms with Crippen LogP contribution in [0.1, 0.15) is 12.8 Å². The molecule has 0 aromatic heterocycles. The summed E-state index contributed by atoms with van der Waals surface area (Å²) < 4.78 is 34.6. The summed E-state index contributed by atoms with van der Waals surface area (Å²) in [7, 11) is 0. The van der Waals surface area contributed by atoms with E-state index >= 15 is 0 Å². The summed E-state index contributed by atoms with van der Waals surface area (Å²) >= 11 is 0. The molecule has 4 nitrogen and oxygen atoms in total. The van der Waals surface area contributed by atoms with Gasteiger partial charge in [-0.1, -0.05) is 0 Å². The van der Waals surface area contributed by atoms with Gasteiger partial charge >= 0.3 is 6.18 Å². The number of nitrogens with two attached hydrogens (primary N) is 2. The summed E-state index contributed by atoms with van der Waals surface area (Å²) in [5, 5.41) is 0. The molecule has 5 N–H and O–H groups in total. The molecular weight excluding hydrogens is 173 g/mol. The molecule has 7 heteroatoms. The Balaban J connectivity index is 3.45. The van der Waals surface area contributed by atoms with E-state index in [2.05, 4.69) is 4.99 Å². The Hall–Kier alpha value is -0.980. The first-order valence-electron chi connectivity index (χ1n) is 3.29. The second-order valence-corrected chi connectivity index (χ2v) is 2.13. The van der Waals surface area contributed by atoms with Gasteiger partial charge in [0.15, 0.2) is 0 Å². The first-order chi connectivity index (χ1) is 5.45. The molecule has 0 radical (unpaired) electrons. The van der Waals surface area contributed by atoms with Gasteiger partial charge < -0.3 is 5.73 Å². The highest BCUT2D eigenvalue weighted by Gasteiger charge is 2.25. The van der Waals surface area contributed by atoms with Crippen LogP contribution >= 0.6 is 0 Å². The maximum absolute atomic E-state index is 11.5. The fourth-order valence-corrected chi connectivity index (χ4v) is 0.525. The Morgan fingerprint density at radius 1 is 1.42 bits per heavy atom. The van der Waals surface area contributed by atoms with Crippen molar-refractivity contribution in [2.24, 2.45) is 16.6 Å². The molecule has 0 fully saturated rings. The summed E-state index contributed by atoms with van der Waals surface area (Å²) in [6, 6.07) is 0. The Morgan fingerprint density at radius 2 is 2.00 bits per heavy atom. The van der Waals surface area contributed by atoms with Gasteiger partial charge in [-0.05, 0) is 6.42 Å². The van der Waals surface area contributed by atoms with Gasteiger partial charge in [-0.2, -0.15) is 13.2 Å². The summed E-state index contributed by atoms with van der Waals surface area (Å²) in [5.74, 6) is 4.75. The smallest absolute Gasteiger partial charge is 0.369 e. The molecule has 0 atom stereocenters. The fraction of sp³-hybridized carbons (Fsp3) is 0.800. The van der Waals surface area contributed by atoms with Crippen LogP contribution < -0.4 is 17.0 Å². The molecule has 0 unspecified atom stereocenters. The minimum atomic E-state index is -4.12. The van der Waals surface area contributed by atoms with E-state index in [1.165, 1.54) is 0 Å². The normalized spacial score (nSPS) is 13.2. The minimum Gasteiger partial charge on any atom is -0.369 e. The van der Waals surface area contributed by atoms with Gasteiger partial charge in [0.05, 0.1) is 0 Å². The van der Waals surface area contributed by atoms with E-state index in [9.17, 15) is 13.2 Å². The SMILES string of the molecule is NNC(N)=NCCCC(F)(F)F. The van der Waals surface area contributed by atoms with Crippen LogP contribution in [0.2, 0.25) is 0 Å². The van der Waals surface area contributed by atoms with Crippen molar-refractivity contribution in [3.05, 3.63) is 0 Å². The third-order valence-electron chi connectivity index (χ3n) is 1.05. The number of rotatable bonds is 3. The maximum atomic E-state index is 11.5. The second kappa shape index (κ2) is 4.81. The number of hydrogen-bond donors (Lipinski definition) is 3. The van der Waals surface area contributed by atoms with E-state index in [0.717, 1.165) is 0 Å². The minimum absolute atomic E-state index is 0.0234. The van der Waals surface area contributed by atoms with Gasteiger partial charge in [-0.15, -0.1) is 0 Å². The number of aliphatic imine (C=N–C) groups is 1. The highest BCUT2D eigenvalue weighted by molar-refractivity contribution is 5.76. The standard InChI is InChI=1S/C5H11F3N4/c6-5(7,8)2-1-3-11-4(9)12-10/h1-3,10H2,(H3,9,11,12). The highest BCUT2D eigenvalue weighted by atomic mass is 19.4. The van der Waals surface area contributed by atoms with Gasteiger partial charge in [0.25, 0.3) is 0 Å². The Morgan fingerprint density at radius 3 is 2.42 bits per heavy atom. The fourth-order valence-electron chi connectivity index (χ4n) is 0.525. The molecule has 0 rings (SSSR count). The molecule has 0 saturated heterocycles. The second-order valence-electron chi connectivity index (χ2n) is 2.13. The third kappa shape index (κ3) is 7.13. The molecule has 0 aliphatic heterocycles. The van der Waals surface area contributed by atoms with Crippen LogP contribution in [-0.4, -0.2) is 18.7 Å². The summed E-state index contributed by atoms with van der Waals surface area (Å²) in [6.45, 7) is 0.0234. The van der Waals surface area contributed by atoms with Crippen molar-refractivity contribution in [1.29, 1.82) is 0 Å². The van der Waals surface area contributed by atoms with Crippen LogP contribution in [0.25, 0.3) is 0 Å². The number of nitrogens with zero attached hydrogens (tertiary/aromatic N) is 1. The van der Waals surface area contributed by atoms with Crippen molar-refractivity contribution >= 4 is 5.96 Å². The Kier molecular flexibility index (Phi) is 4.42. The number of nitrogens with one attached hydrogen (secondary N) is 1. The number of hydrazine groups is 1. The lowest BCUT2D eigenvalue weighted by Gasteiger charge is -2.03. The van der Waals surface area contributed by atoms with Crippen LogP contribution in [0.15, 0.2) is 4.99 Å². The van der Waals surface area contributed by atoms with Crippen LogP contribution in [0, 0.1) is 0 Å². The molecular formula is C5H11F3N4. The van der Waals surface area contributed by atoms with E-state index in [4.69, 9.17) is 11.6 Å². The van der Waals surface area contributed by atoms with Crippen molar-refractivity contribution in [3.8, 4) is 0 Å². The molecule has 0 aromatic rings. The van der Waals surface area contributed by atoms with Gasteiger partial charge in [-0.3, -0.25) is 10.4 Å². The molecule has 0 amide bonds. The first kappa shape index (κ1) is 11.0. The zero-order valence-corrected chi connectivity index (χ0v) is 6.36. The number of guanidine groups is 1. The summed E-state index contributed by atoms with van der Waals surface area (Å²) in [5.41, 5.74) is 7.06. The lowest BCUT2D eigenvalue weighted by molar-refractivity contribution is -0.134. The Bertz CT molecular complexity index is 153. The van der Waals surface area contributed by atoms with Crippen LogP contribution in [0.5, 0.6) is 0 Å². The molecule has 0 saturated carbocycles. The van der Waals surface area contributed by atoms with E-state index < -0.39 is 12.6 Å².